The summed E-state index contributed by atoms with van der Waals surface area (Å²) in [6.45, 7) is 3.70. The van der Waals surface area contributed by atoms with E-state index in [1.807, 2.05) is 6.20 Å². The van der Waals surface area contributed by atoms with Gasteiger partial charge in [-0.1, -0.05) is 11.6 Å². The van der Waals surface area contributed by atoms with Crippen molar-refractivity contribution in [3.05, 3.63) is 27.7 Å². The van der Waals surface area contributed by atoms with E-state index in [0.717, 1.165) is 32.0 Å². The van der Waals surface area contributed by atoms with Crippen LogP contribution in [0.15, 0.2) is 12.5 Å². The first-order valence-electron chi connectivity index (χ1n) is 5.00. The molecule has 0 atom stereocenters. The van der Waals surface area contributed by atoms with Crippen molar-refractivity contribution in [1.29, 1.82) is 0 Å². The topological polar surface area (TPSA) is 46.8 Å². The van der Waals surface area contributed by atoms with Gasteiger partial charge in [0.05, 0.1) is 6.54 Å². The van der Waals surface area contributed by atoms with Gasteiger partial charge in [0.1, 0.15) is 12.2 Å². The molecule has 0 N–H and O–H groups in total. The van der Waals surface area contributed by atoms with Crippen LogP contribution in [0.3, 0.4) is 0 Å². The summed E-state index contributed by atoms with van der Waals surface area (Å²) in [5.41, 5.74) is 0. The molecule has 7 heteroatoms. The summed E-state index contributed by atoms with van der Waals surface area (Å²) in [5.74, 6) is 1.03. The molecule has 0 spiro atoms. The molecule has 1 aliphatic heterocycles. The fourth-order valence-electron chi connectivity index (χ4n) is 1.83. The number of halogens is 1. The normalized spacial score (nSPS) is 16.3. The summed E-state index contributed by atoms with van der Waals surface area (Å²) >= 11 is 7.34. The van der Waals surface area contributed by atoms with E-state index >= 15 is 0 Å². The second-order valence-electron chi connectivity index (χ2n) is 3.73. The number of hydrogen-bond donors (Lipinski definition) is 0. The Morgan fingerprint density at radius 2 is 2.38 bits per heavy atom. The maximum atomic E-state index is 5.80. The van der Waals surface area contributed by atoms with Crippen molar-refractivity contribution in [3.63, 3.8) is 0 Å². The maximum Gasteiger partial charge on any atom is 0.183 e. The zero-order valence-corrected chi connectivity index (χ0v) is 10.1. The van der Waals surface area contributed by atoms with Gasteiger partial charge in [0, 0.05) is 30.7 Å². The molecular formula is C9H10ClN5S. The first kappa shape index (κ1) is 10.2. The van der Waals surface area contributed by atoms with E-state index in [0.29, 0.717) is 4.47 Å². The van der Waals surface area contributed by atoms with E-state index in [1.54, 1.807) is 6.33 Å². The van der Waals surface area contributed by atoms with Crippen LogP contribution in [-0.4, -0.2) is 31.2 Å². The minimum atomic E-state index is 0.607. The molecule has 0 amide bonds. The summed E-state index contributed by atoms with van der Waals surface area (Å²) in [7, 11) is 0. The van der Waals surface area contributed by atoms with Crippen molar-refractivity contribution in [2.45, 2.75) is 19.6 Å². The van der Waals surface area contributed by atoms with Crippen LogP contribution in [0.2, 0.25) is 4.47 Å². The Bertz CT molecular complexity index is 494. The van der Waals surface area contributed by atoms with E-state index in [4.69, 9.17) is 11.6 Å². The fourth-order valence-corrected chi connectivity index (χ4v) is 2.85. The van der Waals surface area contributed by atoms with Crippen LogP contribution in [0.4, 0.5) is 0 Å². The lowest BCUT2D eigenvalue weighted by atomic mass is 10.3. The summed E-state index contributed by atoms with van der Waals surface area (Å²) in [4.78, 5) is 7.56. The smallest absolute Gasteiger partial charge is 0.183 e. The molecule has 0 aromatic carbocycles. The Hall–Kier alpha value is -0.980. The predicted octanol–water partition coefficient (Wildman–Crippen LogP) is 1.40. The zero-order valence-electron chi connectivity index (χ0n) is 8.51. The molecule has 0 unspecified atom stereocenters. The van der Waals surface area contributed by atoms with Crippen LogP contribution in [0.25, 0.3) is 0 Å². The molecule has 0 saturated carbocycles. The number of fused-ring (bicyclic) bond motifs is 1. The molecule has 0 radical (unpaired) electrons. The molecule has 3 heterocycles. The largest absolute Gasteiger partial charge is 0.315 e. The fraction of sp³-hybridized carbons (Fsp3) is 0.444. The van der Waals surface area contributed by atoms with Crippen LogP contribution in [-0.2, 0) is 19.6 Å². The van der Waals surface area contributed by atoms with Gasteiger partial charge in [-0.15, -0.1) is 21.5 Å². The maximum absolute atomic E-state index is 5.80. The van der Waals surface area contributed by atoms with Crippen LogP contribution in [0, 0.1) is 0 Å². The standard InChI is InChI=1S/C9H10ClN5S/c10-9-11-3-7(16-9)4-14-1-2-15-6-12-13-8(15)5-14/h3,6H,1-2,4-5H2. The van der Waals surface area contributed by atoms with E-state index in [2.05, 4.69) is 24.6 Å². The van der Waals surface area contributed by atoms with Gasteiger partial charge in [-0.05, 0) is 0 Å². The average molecular weight is 256 g/mol. The van der Waals surface area contributed by atoms with Crippen molar-refractivity contribution in [2.75, 3.05) is 6.54 Å². The van der Waals surface area contributed by atoms with Gasteiger partial charge in [-0.2, -0.15) is 0 Å². The molecule has 3 rings (SSSR count). The van der Waals surface area contributed by atoms with E-state index < -0.39 is 0 Å². The second-order valence-corrected chi connectivity index (χ2v) is 5.43. The van der Waals surface area contributed by atoms with Crippen LogP contribution < -0.4 is 0 Å². The lowest BCUT2D eigenvalue weighted by molar-refractivity contribution is 0.210. The van der Waals surface area contributed by atoms with Crippen molar-refractivity contribution in [3.8, 4) is 0 Å². The van der Waals surface area contributed by atoms with Crippen LogP contribution in [0.1, 0.15) is 10.7 Å². The number of rotatable bonds is 2. The van der Waals surface area contributed by atoms with Gasteiger partial charge in [0.2, 0.25) is 0 Å². The Balaban J connectivity index is 1.70. The molecule has 5 nitrogen and oxygen atoms in total. The van der Waals surface area contributed by atoms with Crippen molar-refractivity contribution >= 4 is 22.9 Å². The highest BCUT2D eigenvalue weighted by molar-refractivity contribution is 7.15. The average Bonchev–Trinajstić information content (AvgIpc) is 2.87. The van der Waals surface area contributed by atoms with Gasteiger partial charge < -0.3 is 4.57 Å². The predicted molar refractivity (Wildman–Crippen MR) is 61.3 cm³/mol. The molecule has 0 aliphatic carbocycles. The molecule has 16 heavy (non-hydrogen) atoms. The molecule has 0 bridgehead atoms. The lowest BCUT2D eigenvalue weighted by Gasteiger charge is -2.25. The van der Waals surface area contributed by atoms with Gasteiger partial charge in [-0.3, -0.25) is 4.90 Å². The minimum Gasteiger partial charge on any atom is -0.315 e. The van der Waals surface area contributed by atoms with Crippen LogP contribution >= 0.6 is 22.9 Å². The van der Waals surface area contributed by atoms with E-state index in [9.17, 15) is 0 Å². The molecule has 84 valence electrons. The Labute approximate surface area is 102 Å². The first-order chi connectivity index (χ1) is 7.81. The first-order valence-corrected chi connectivity index (χ1v) is 6.20. The second kappa shape index (κ2) is 4.12. The Morgan fingerprint density at radius 1 is 1.44 bits per heavy atom. The van der Waals surface area contributed by atoms with Gasteiger partial charge in [0.25, 0.3) is 0 Å². The van der Waals surface area contributed by atoms with Gasteiger partial charge in [-0.25, -0.2) is 4.98 Å². The molecule has 1 aliphatic rings. The quantitative estimate of drug-likeness (QED) is 0.814. The van der Waals surface area contributed by atoms with Crippen LogP contribution in [0.5, 0.6) is 0 Å². The van der Waals surface area contributed by atoms with Gasteiger partial charge in [0.15, 0.2) is 4.47 Å². The third kappa shape index (κ3) is 1.95. The molecule has 0 saturated heterocycles. The third-order valence-corrected chi connectivity index (χ3v) is 3.72. The molecule has 2 aromatic heterocycles. The number of thiazole rings is 1. The summed E-state index contributed by atoms with van der Waals surface area (Å²) in [6, 6.07) is 0. The van der Waals surface area contributed by atoms with E-state index in [1.165, 1.54) is 16.2 Å². The highest BCUT2D eigenvalue weighted by Crippen LogP contribution is 2.21. The number of aromatic nitrogens is 4. The number of nitrogens with zero attached hydrogens (tertiary/aromatic N) is 5. The Morgan fingerprint density at radius 3 is 3.19 bits per heavy atom. The van der Waals surface area contributed by atoms with Crippen molar-refractivity contribution < 1.29 is 0 Å². The molecule has 2 aromatic rings. The Kier molecular flexibility index (Phi) is 2.62. The molecular weight excluding hydrogens is 246 g/mol. The molecule has 0 fully saturated rings. The third-order valence-electron chi connectivity index (χ3n) is 2.62. The lowest BCUT2D eigenvalue weighted by Crippen LogP contribution is -2.32. The summed E-state index contributed by atoms with van der Waals surface area (Å²) in [5, 5.41) is 7.99. The number of hydrogen-bond acceptors (Lipinski definition) is 5. The van der Waals surface area contributed by atoms with Crippen molar-refractivity contribution in [1.82, 2.24) is 24.6 Å². The highest BCUT2D eigenvalue weighted by Gasteiger charge is 2.17. The minimum absolute atomic E-state index is 0.607. The highest BCUT2D eigenvalue weighted by atomic mass is 35.5. The summed E-state index contributed by atoms with van der Waals surface area (Å²) in [6.07, 6.45) is 3.63. The van der Waals surface area contributed by atoms with Crippen molar-refractivity contribution in [2.24, 2.45) is 0 Å². The SMILES string of the molecule is Clc1ncc(CN2CCn3cnnc3C2)s1. The monoisotopic (exact) mass is 255 g/mol. The van der Waals surface area contributed by atoms with Gasteiger partial charge >= 0.3 is 0 Å². The zero-order chi connectivity index (χ0) is 11.0. The summed E-state index contributed by atoms with van der Waals surface area (Å²) < 4.78 is 2.70. The van der Waals surface area contributed by atoms with E-state index in [-0.39, 0.29) is 0 Å².